The fourth-order valence-electron chi connectivity index (χ4n) is 2.01. The molecule has 1 fully saturated rings. The van der Waals surface area contributed by atoms with E-state index in [-0.39, 0.29) is 5.91 Å². The van der Waals surface area contributed by atoms with Gasteiger partial charge >= 0.3 is 0 Å². The van der Waals surface area contributed by atoms with Crippen LogP contribution in [0, 0.1) is 0 Å². The zero-order valence-corrected chi connectivity index (χ0v) is 10.7. The molecule has 0 aliphatic carbocycles. The molecule has 0 aromatic carbocycles. The molecule has 1 saturated heterocycles. The van der Waals surface area contributed by atoms with Crippen molar-refractivity contribution in [2.45, 2.75) is 24.7 Å². The number of nitrogens with zero attached hydrogens (tertiary/aromatic N) is 1. The van der Waals surface area contributed by atoms with E-state index in [2.05, 4.69) is 0 Å². The summed E-state index contributed by atoms with van der Waals surface area (Å²) in [5.41, 5.74) is 0. The number of hydrogen-bond acceptors (Lipinski definition) is 4. The van der Waals surface area contributed by atoms with Gasteiger partial charge in [0.15, 0.2) is 5.76 Å². The molecule has 1 amide bonds. The fraction of sp³-hybridized carbons (Fsp3) is 0.583. The Balaban J connectivity index is 2.02. The Morgan fingerprint density at radius 2 is 2.47 bits per heavy atom. The molecule has 1 aromatic heterocycles. The molecule has 1 aliphatic rings. The smallest absolute Gasteiger partial charge is 0.289 e. The number of β-amino-alcohol motifs (C(OH)–C–C–N with tert-alkyl or cyclic N) is 1. The first-order valence-corrected chi connectivity index (χ1v) is 7.15. The highest BCUT2D eigenvalue weighted by molar-refractivity contribution is 7.97. The summed E-state index contributed by atoms with van der Waals surface area (Å²) in [6.45, 7) is 1.12. The van der Waals surface area contributed by atoms with Crippen LogP contribution < -0.4 is 0 Å². The van der Waals surface area contributed by atoms with Gasteiger partial charge in [-0.3, -0.25) is 4.79 Å². The number of aliphatic hydroxyl groups excluding tert-OH is 1. The van der Waals surface area contributed by atoms with E-state index in [0.717, 1.165) is 24.4 Å². The van der Waals surface area contributed by atoms with Gasteiger partial charge in [0.25, 0.3) is 5.91 Å². The molecule has 0 saturated carbocycles. The molecule has 94 valence electrons. The van der Waals surface area contributed by atoms with Crippen molar-refractivity contribution in [3.8, 4) is 0 Å². The van der Waals surface area contributed by atoms with Gasteiger partial charge in [0.05, 0.1) is 11.9 Å². The van der Waals surface area contributed by atoms with Crippen LogP contribution in [-0.2, 0) is 5.75 Å². The standard InChI is InChI=1S/C12H17NO3S/c1-17-8-10-4-5-11(16-10)12(15)13-6-2-3-9(14)7-13/h4-5,9,14H,2-3,6-8H2,1H3. The quantitative estimate of drug-likeness (QED) is 0.894. The molecule has 0 bridgehead atoms. The van der Waals surface area contributed by atoms with E-state index in [1.54, 1.807) is 22.7 Å². The van der Waals surface area contributed by atoms with Crippen molar-refractivity contribution in [1.29, 1.82) is 0 Å². The van der Waals surface area contributed by atoms with Gasteiger partial charge in [-0.15, -0.1) is 0 Å². The third kappa shape index (κ3) is 3.04. The Morgan fingerprint density at radius 1 is 1.65 bits per heavy atom. The van der Waals surface area contributed by atoms with Gasteiger partial charge in [0, 0.05) is 13.1 Å². The first-order valence-electron chi connectivity index (χ1n) is 5.75. The Hall–Kier alpha value is -0.940. The number of thioether (sulfide) groups is 1. The van der Waals surface area contributed by atoms with Gasteiger partial charge in [-0.05, 0) is 31.2 Å². The third-order valence-corrected chi connectivity index (χ3v) is 3.42. The first-order chi connectivity index (χ1) is 8.20. The monoisotopic (exact) mass is 255 g/mol. The number of aliphatic hydroxyl groups is 1. The number of amides is 1. The molecule has 1 aliphatic heterocycles. The van der Waals surface area contributed by atoms with Crippen LogP contribution in [0.2, 0.25) is 0 Å². The second-order valence-corrected chi connectivity index (χ2v) is 5.11. The molecule has 2 heterocycles. The molecule has 0 radical (unpaired) electrons. The van der Waals surface area contributed by atoms with Crippen LogP contribution in [0.25, 0.3) is 0 Å². The Labute approximate surface area is 105 Å². The van der Waals surface area contributed by atoms with Crippen molar-refractivity contribution in [3.63, 3.8) is 0 Å². The number of carbonyl (C=O) groups is 1. The van der Waals surface area contributed by atoms with Gasteiger partial charge in [-0.25, -0.2) is 0 Å². The molecule has 1 aromatic rings. The highest BCUT2D eigenvalue weighted by atomic mass is 32.2. The van der Waals surface area contributed by atoms with Crippen molar-refractivity contribution in [3.05, 3.63) is 23.7 Å². The number of rotatable bonds is 3. The van der Waals surface area contributed by atoms with E-state index in [9.17, 15) is 9.90 Å². The molecule has 5 heteroatoms. The summed E-state index contributed by atoms with van der Waals surface area (Å²) in [6, 6.07) is 3.55. The van der Waals surface area contributed by atoms with Crippen LogP contribution >= 0.6 is 11.8 Å². The summed E-state index contributed by atoms with van der Waals surface area (Å²) in [4.78, 5) is 13.7. The highest BCUT2D eigenvalue weighted by Crippen LogP contribution is 2.17. The van der Waals surface area contributed by atoms with E-state index in [4.69, 9.17) is 4.42 Å². The van der Waals surface area contributed by atoms with Crippen molar-refractivity contribution in [1.82, 2.24) is 4.90 Å². The maximum absolute atomic E-state index is 12.1. The number of piperidine rings is 1. The molecule has 1 N–H and O–H groups in total. The lowest BCUT2D eigenvalue weighted by Crippen LogP contribution is -2.42. The van der Waals surface area contributed by atoms with Gasteiger partial charge in [0.2, 0.25) is 0 Å². The van der Waals surface area contributed by atoms with E-state index in [1.807, 2.05) is 12.3 Å². The molecule has 1 unspecified atom stereocenters. The highest BCUT2D eigenvalue weighted by Gasteiger charge is 2.24. The summed E-state index contributed by atoms with van der Waals surface area (Å²) in [6.07, 6.45) is 3.23. The van der Waals surface area contributed by atoms with E-state index in [0.29, 0.717) is 18.8 Å². The van der Waals surface area contributed by atoms with Crippen LogP contribution in [0.4, 0.5) is 0 Å². The predicted octanol–water partition coefficient (Wildman–Crippen LogP) is 1.74. The Kier molecular flexibility index (Phi) is 4.12. The topological polar surface area (TPSA) is 53.7 Å². The minimum Gasteiger partial charge on any atom is -0.455 e. The maximum Gasteiger partial charge on any atom is 0.289 e. The van der Waals surface area contributed by atoms with Crippen LogP contribution in [0.5, 0.6) is 0 Å². The van der Waals surface area contributed by atoms with Crippen molar-refractivity contribution < 1.29 is 14.3 Å². The van der Waals surface area contributed by atoms with Crippen LogP contribution in [0.3, 0.4) is 0 Å². The molecule has 2 rings (SSSR count). The van der Waals surface area contributed by atoms with Crippen LogP contribution in [0.15, 0.2) is 16.5 Å². The largest absolute Gasteiger partial charge is 0.455 e. The second-order valence-electron chi connectivity index (χ2n) is 4.25. The maximum atomic E-state index is 12.1. The zero-order chi connectivity index (χ0) is 12.3. The van der Waals surface area contributed by atoms with Gasteiger partial charge in [-0.2, -0.15) is 11.8 Å². The summed E-state index contributed by atoms with van der Waals surface area (Å²) >= 11 is 1.66. The van der Waals surface area contributed by atoms with Gasteiger partial charge < -0.3 is 14.4 Å². The second kappa shape index (κ2) is 5.60. The van der Waals surface area contributed by atoms with Crippen molar-refractivity contribution in [2.75, 3.05) is 19.3 Å². The molecule has 1 atom stereocenters. The minimum atomic E-state index is -0.395. The number of hydrogen-bond donors (Lipinski definition) is 1. The summed E-state index contributed by atoms with van der Waals surface area (Å²) in [5.74, 6) is 1.85. The average molecular weight is 255 g/mol. The number of likely N-dealkylation sites (tertiary alicyclic amines) is 1. The first kappa shape index (κ1) is 12.5. The van der Waals surface area contributed by atoms with E-state index < -0.39 is 6.10 Å². The fourth-order valence-corrected chi connectivity index (χ4v) is 2.45. The van der Waals surface area contributed by atoms with Crippen molar-refractivity contribution in [2.24, 2.45) is 0 Å². The average Bonchev–Trinajstić information content (AvgIpc) is 2.77. The Bertz CT molecular complexity index is 391. The summed E-state index contributed by atoms with van der Waals surface area (Å²) in [7, 11) is 0. The SMILES string of the molecule is CSCc1ccc(C(=O)N2CCCC(O)C2)o1. The molecule has 17 heavy (non-hydrogen) atoms. The predicted molar refractivity (Wildman–Crippen MR) is 67.1 cm³/mol. The lowest BCUT2D eigenvalue weighted by molar-refractivity contribution is 0.0447. The molecule has 4 nitrogen and oxygen atoms in total. The third-order valence-electron chi connectivity index (χ3n) is 2.84. The lowest BCUT2D eigenvalue weighted by atomic mass is 10.1. The Morgan fingerprint density at radius 3 is 3.18 bits per heavy atom. The zero-order valence-electron chi connectivity index (χ0n) is 9.89. The van der Waals surface area contributed by atoms with E-state index in [1.165, 1.54) is 0 Å². The number of carbonyl (C=O) groups excluding carboxylic acids is 1. The normalized spacial score (nSPS) is 20.6. The van der Waals surface area contributed by atoms with E-state index >= 15 is 0 Å². The summed E-state index contributed by atoms with van der Waals surface area (Å²) < 4.78 is 5.48. The van der Waals surface area contributed by atoms with Crippen molar-refractivity contribution >= 4 is 17.7 Å². The lowest BCUT2D eigenvalue weighted by Gasteiger charge is -2.29. The van der Waals surface area contributed by atoms with Gasteiger partial charge in [0.1, 0.15) is 5.76 Å². The number of furan rings is 1. The molecular formula is C12H17NO3S. The minimum absolute atomic E-state index is 0.115. The molecule has 0 spiro atoms. The van der Waals surface area contributed by atoms with Crippen LogP contribution in [-0.4, -0.2) is 41.4 Å². The molecular weight excluding hydrogens is 238 g/mol. The van der Waals surface area contributed by atoms with Crippen LogP contribution in [0.1, 0.15) is 29.2 Å². The van der Waals surface area contributed by atoms with Gasteiger partial charge in [-0.1, -0.05) is 0 Å². The summed E-state index contributed by atoms with van der Waals surface area (Å²) in [5, 5.41) is 9.54.